The molecule has 1 saturated carbocycles. The highest BCUT2D eigenvalue weighted by molar-refractivity contribution is 5.84. The molecule has 0 saturated heterocycles. The zero-order chi connectivity index (χ0) is 11.6. The SMILES string of the molecule is O=C1CCC(C(=O)O)(C2CC=CCC2)CC1. The maximum absolute atomic E-state index is 11.5. The molecule has 3 heteroatoms. The summed E-state index contributed by atoms with van der Waals surface area (Å²) in [6.45, 7) is 0. The van der Waals surface area contributed by atoms with E-state index in [2.05, 4.69) is 12.2 Å². The lowest BCUT2D eigenvalue weighted by molar-refractivity contribution is -0.156. The predicted octanol–water partition coefficient (Wildman–Crippen LogP) is 2.56. The molecule has 1 fully saturated rings. The molecule has 2 aliphatic carbocycles. The molecule has 3 nitrogen and oxygen atoms in total. The number of carbonyl (C=O) groups excluding carboxylic acids is 1. The summed E-state index contributed by atoms with van der Waals surface area (Å²) in [5, 5.41) is 9.49. The maximum atomic E-state index is 11.5. The minimum Gasteiger partial charge on any atom is -0.481 e. The van der Waals surface area contributed by atoms with Crippen LogP contribution in [-0.2, 0) is 9.59 Å². The Balaban J connectivity index is 2.18. The number of aliphatic carboxylic acids is 1. The Morgan fingerprint density at radius 1 is 1.31 bits per heavy atom. The fraction of sp³-hybridized carbons (Fsp3) is 0.692. The summed E-state index contributed by atoms with van der Waals surface area (Å²) < 4.78 is 0. The first-order valence-electron chi connectivity index (χ1n) is 6.05. The first-order valence-corrected chi connectivity index (χ1v) is 6.05. The number of carbonyl (C=O) groups is 2. The van der Waals surface area contributed by atoms with E-state index in [-0.39, 0.29) is 11.7 Å². The van der Waals surface area contributed by atoms with Gasteiger partial charge in [-0.1, -0.05) is 12.2 Å². The number of hydrogen-bond acceptors (Lipinski definition) is 2. The molecule has 88 valence electrons. The van der Waals surface area contributed by atoms with Gasteiger partial charge in [0.25, 0.3) is 0 Å². The molecular formula is C13H18O3. The van der Waals surface area contributed by atoms with E-state index in [4.69, 9.17) is 0 Å². The van der Waals surface area contributed by atoms with Crippen LogP contribution in [0.15, 0.2) is 12.2 Å². The summed E-state index contributed by atoms with van der Waals surface area (Å²) in [6.07, 6.45) is 9.00. The van der Waals surface area contributed by atoms with E-state index in [1.54, 1.807) is 0 Å². The van der Waals surface area contributed by atoms with Gasteiger partial charge in [0.1, 0.15) is 5.78 Å². The maximum Gasteiger partial charge on any atom is 0.309 e. The number of allylic oxidation sites excluding steroid dienone is 2. The highest BCUT2D eigenvalue weighted by atomic mass is 16.4. The molecule has 0 heterocycles. The van der Waals surface area contributed by atoms with Gasteiger partial charge in [-0.15, -0.1) is 0 Å². The van der Waals surface area contributed by atoms with E-state index in [0.29, 0.717) is 25.7 Å². The standard InChI is InChI=1S/C13H18O3/c14-11-6-8-13(9-7-11,12(15)16)10-4-2-1-3-5-10/h1-2,10H,3-9H2,(H,15,16). The molecule has 0 radical (unpaired) electrons. The van der Waals surface area contributed by atoms with Crippen molar-refractivity contribution in [2.75, 3.05) is 0 Å². The highest BCUT2D eigenvalue weighted by Gasteiger charge is 2.47. The van der Waals surface area contributed by atoms with E-state index in [0.717, 1.165) is 19.3 Å². The summed E-state index contributed by atoms with van der Waals surface area (Å²) >= 11 is 0. The van der Waals surface area contributed by atoms with Crippen LogP contribution in [0, 0.1) is 11.3 Å². The lowest BCUT2D eigenvalue weighted by Crippen LogP contribution is -2.42. The van der Waals surface area contributed by atoms with Gasteiger partial charge in [0.2, 0.25) is 0 Å². The second-order valence-electron chi connectivity index (χ2n) is 4.98. The van der Waals surface area contributed by atoms with Crippen molar-refractivity contribution in [3.63, 3.8) is 0 Å². The smallest absolute Gasteiger partial charge is 0.309 e. The van der Waals surface area contributed by atoms with Crippen LogP contribution in [0.2, 0.25) is 0 Å². The fourth-order valence-corrected chi connectivity index (χ4v) is 3.07. The summed E-state index contributed by atoms with van der Waals surface area (Å²) in [4.78, 5) is 22.8. The first kappa shape index (κ1) is 11.4. The van der Waals surface area contributed by atoms with Crippen LogP contribution in [-0.4, -0.2) is 16.9 Å². The topological polar surface area (TPSA) is 54.4 Å². The first-order chi connectivity index (χ1) is 7.65. The Hall–Kier alpha value is -1.12. The minimum atomic E-state index is -0.694. The second-order valence-corrected chi connectivity index (χ2v) is 4.98. The van der Waals surface area contributed by atoms with Gasteiger partial charge < -0.3 is 5.11 Å². The predicted molar refractivity (Wildman–Crippen MR) is 60.0 cm³/mol. The third-order valence-corrected chi connectivity index (χ3v) is 4.18. The molecular weight excluding hydrogens is 204 g/mol. The van der Waals surface area contributed by atoms with Crippen LogP contribution in [0.5, 0.6) is 0 Å². The van der Waals surface area contributed by atoms with Crippen molar-refractivity contribution in [1.29, 1.82) is 0 Å². The normalized spacial score (nSPS) is 29.0. The minimum absolute atomic E-state index is 0.225. The van der Waals surface area contributed by atoms with Crippen molar-refractivity contribution >= 4 is 11.8 Å². The van der Waals surface area contributed by atoms with Gasteiger partial charge in [-0.2, -0.15) is 0 Å². The number of carboxylic acids is 1. The van der Waals surface area contributed by atoms with Crippen LogP contribution in [0.3, 0.4) is 0 Å². The Morgan fingerprint density at radius 3 is 2.50 bits per heavy atom. The van der Waals surface area contributed by atoms with Gasteiger partial charge in [-0.25, -0.2) is 0 Å². The summed E-state index contributed by atoms with van der Waals surface area (Å²) in [5.74, 6) is -0.244. The monoisotopic (exact) mass is 222 g/mol. The second kappa shape index (κ2) is 4.40. The van der Waals surface area contributed by atoms with Crippen molar-refractivity contribution < 1.29 is 14.7 Å². The molecule has 2 aliphatic rings. The van der Waals surface area contributed by atoms with Gasteiger partial charge >= 0.3 is 5.97 Å². The molecule has 16 heavy (non-hydrogen) atoms. The summed E-state index contributed by atoms with van der Waals surface area (Å²) in [5.41, 5.74) is -0.626. The number of rotatable bonds is 2. The number of carboxylic acid groups (broad SMARTS) is 1. The lowest BCUT2D eigenvalue weighted by atomic mass is 9.62. The number of hydrogen-bond donors (Lipinski definition) is 1. The summed E-state index contributed by atoms with van der Waals surface area (Å²) in [7, 11) is 0. The largest absolute Gasteiger partial charge is 0.481 e. The van der Waals surface area contributed by atoms with Gasteiger partial charge in [-0.3, -0.25) is 9.59 Å². The van der Waals surface area contributed by atoms with Crippen molar-refractivity contribution in [3.8, 4) is 0 Å². The molecule has 0 bridgehead atoms. The third kappa shape index (κ3) is 1.91. The zero-order valence-corrected chi connectivity index (χ0v) is 9.45. The highest BCUT2D eigenvalue weighted by Crippen LogP contribution is 2.46. The van der Waals surface area contributed by atoms with E-state index in [1.807, 2.05) is 0 Å². The van der Waals surface area contributed by atoms with Crippen LogP contribution in [0.4, 0.5) is 0 Å². The number of ketones is 1. The third-order valence-electron chi connectivity index (χ3n) is 4.18. The molecule has 0 aromatic heterocycles. The van der Waals surface area contributed by atoms with E-state index >= 15 is 0 Å². The van der Waals surface area contributed by atoms with E-state index < -0.39 is 11.4 Å². The summed E-state index contributed by atoms with van der Waals surface area (Å²) in [6, 6.07) is 0. The fourth-order valence-electron chi connectivity index (χ4n) is 3.07. The Kier molecular flexibility index (Phi) is 3.13. The Labute approximate surface area is 95.5 Å². The van der Waals surface area contributed by atoms with Gasteiger partial charge in [-0.05, 0) is 38.0 Å². The molecule has 1 unspecified atom stereocenters. The van der Waals surface area contributed by atoms with Crippen LogP contribution in [0.25, 0.3) is 0 Å². The van der Waals surface area contributed by atoms with Crippen LogP contribution in [0.1, 0.15) is 44.9 Å². The molecule has 0 aliphatic heterocycles. The van der Waals surface area contributed by atoms with Crippen molar-refractivity contribution in [1.82, 2.24) is 0 Å². The van der Waals surface area contributed by atoms with Crippen molar-refractivity contribution in [3.05, 3.63) is 12.2 Å². The Morgan fingerprint density at radius 2 is 2.00 bits per heavy atom. The van der Waals surface area contributed by atoms with Gasteiger partial charge in [0, 0.05) is 12.8 Å². The molecule has 0 spiro atoms. The molecule has 0 amide bonds. The average Bonchev–Trinajstić information content (AvgIpc) is 2.31. The van der Waals surface area contributed by atoms with Crippen LogP contribution < -0.4 is 0 Å². The van der Waals surface area contributed by atoms with Gasteiger partial charge in [0.15, 0.2) is 0 Å². The van der Waals surface area contributed by atoms with Crippen molar-refractivity contribution in [2.24, 2.45) is 11.3 Å². The quantitative estimate of drug-likeness (QED) is 0.730. The molecule has 0 aromatic rings. The average molecular weight is 222 g/mol. The molecule has 1 atom stereocenters. The van der Waals surface area contributed by atoms with Gasteiger partial charge in [0.05, 0.1) is 5.41 Å². The molecule has 0 aromatic carbocycles. The Bertz CT molecular complexity index is 320. The zero-order valence-electron chi connectivity index (χ0n) is 9.45. The lowest BCUT2D eigenvalue weighted by Gasteiger charge is -2.40. The molecule has 2 rings (SSSR count). The van der Waals surface area contributed by atoms with Crippen LogP contribution >= 0.6 is 0 Å². The van der Waals surface area contributed by atoms with E-state index in [9.17, 15) is 14.7 Å². The van der Waals surface area contributed by atoms with Crippen molar-refractivity contribution in [2.45, 2.75) is 44.9 Å². The van der Waals surface area contributed by atoms with E-state index in [1.165, 1.54) is 0 Å². The number of Topliss-reactive ketones (excluding diaryl/α,β-unsaturated/α-hetero) is 1. The molecule has 1 N–H and O–H groups in total.